The molecule has 2 aromatic carbocycles. The first-order valence-corrected chi connectivity index (χ1v) is 11.2. The summed E-state index contributed by atoms with van der Waals surface area (Å²) in [5.74, 6) is 0. The molecule has 0 fully saturated rings. The fourth-order valence-electron chi connectivity index (χ4n) is 2.12. The highest BCUT2D eigenvalue weighted by Crippen LogP contribution is 2.35. The molecule has 0 saturated heterocycles. The monoisotopic (exact) mass is 302 g/mol. The SMILES string of the molecule is C[C@@H](O[Si](C)(C)C)c1ccccc1Sc1ccccc1. The van der Waals surface area contributed by atoms with E-state index in [4.69, 9.17) is 4.43 Å². The molecule has 3 heteroatoms. The number of benzene rings is 2. The maximum Gasteiger partial charge on any atom is 0.184 e. The van der Waals surface area contributed by atoms with E-state index in [1.54, 1.807) is 11.8 Å². The highest BCUT2D eigenvalue weighted by atomic mass is 32.2. The molecular weight excluding hydrogens is 280 g/mol. The summed E-state index contributed by atoms with van der Waals surface area (Å²) in [7, 11) is -1.53. The Morgan fingerprint density at radius 2 is 1.50 bits per heavy atom. The average Bonchev–Trinajstić information content (AvgIpc) is 2.38. The largest absolute Gasteiger partial charge is 0.411 e. The Balaban J connectivity index is 2.22. The van der Waals surface area contributed by atoms with Gasteiger partial charge in [0.2, 0.25) is 0 Å². The van der Waals surface area contributed by atoms with Crippen LogP contribution in [0.25, 0.3) is 0 Å². The quantitative estimate of drug-likeness (QED) is 0.650. The molecule has 0 aliphatic carbocycles. The minimum atomic E-state index is -1.53. The summed E-state index contributed by atoms with van der Waals surface area (Å²) in [5.41, 5.74) is 1.28. The molecule has 0 saturated carbocycles. The highest BCUT2D eigenvalue weighted by molar-refractivity contribution is 7.99. The van der Waals surface area contributed by atoms with Crippen LogP contribution in [0.1, 0.15) is 18.6 Å². The van der Waals surface area contributed by atoms with E-state index in [0.29, 0.717) is 0 Å². The zero-order chi connectivity index (χ0) is 14.6. The van der Waals surface area contributed by atoms with Gasteiger partial charge in [-0.3, -0.25) is 0 Å². The molecule has 0 radical (unpaired) electrons. The van der Waals surface area contributed by atoms with Crippen molar-refractivity contribution in [2.75, 3.05) is 0 Å². The first kappa shape index (κ1) is 15.4. The Labute approximate surface area is 127 Å². The van der Waals surface area contributed by atoms with Crippen LogP contribution in [0.2, 0.25) is 19.6 Å². The van der Waals surface area contributed by atoms with E-state index in [9.17, 15) is 0 Å². The van der Waals surface area contributed by atoms with Gasteiger partial charge in [-0.1, -0.05) is 48.2 Å². The Hall–Kier alpha value is -1.03. The lowest BCUT2D eigenvalue weighted by atomic mass is 10.1. The molecule has 0 aromatic heterocycles. The standard InChI is InChI=1S/C17H22OSSi/c1-14(18-20(2,3)4)16-12-8-9-13-17(16)19-15-10-6-5-7-11-15/h5-14H,1-4H3/t14-/m1/s1. The van der Waals surface area contributed by atoms with Crippen LogP contribution in [0.5, 0.6) is 0 Å². The van der Waals surface area contributed by atoms with Gasteiger partial charge in [0.05, 0.1) is 6.10 Å². The lowest BCUT2D eigenvalue weighted by molar-refractivity contribution is 0.216. The van der Waals surface area contributed by atoms with Crippen LogP contribution in [-0.4, -0.2) is 8.32 Å². The van der Waals surface area contributed by atoms with Gasteiger partial charge in [-0.05, 0) is 50.3 Å². The summed E-state index contributed by atoms with van der Waals surface area (Å²) >= 11 is 1.80. The molecule has 2 rings (SSSR count). The number of hydrogen-bond acceptors (Lipinski definition) is 2. The molecule has 1 atom stereocenters. The Morgan fingerprint density at radius 1 is 0.900 bits per heavy atom. The number of hydrogen-bond donors (Lipinski definition) is 0. The third-order valence-corrected chi connectivity index (χ3v) is 5.02. The molecule has 0 heterocycles. The molecule has 0 N–H and O–H groups in total. The van der Waals surface area contributed by atoms with Gasteiger partial charge in [0, 0.05) is 9.79 Å². The molecule has 0 spiro atoms. The van der Waals surface area contributed by atoms with Crippen LogP contribution in [0, 0.1) is 0 Å². The van der Waals surface area contributed by atoms with Crippen LogP contribution in [-0.2, 0) is 4.43 Å². The molecule has 1 nitrogen and oxygen atoms in total. The van der Waals surface area contributed by atoms with Crippen molar-refractivity contribution in [2.45, 2.75) is 42.5 Å². The van der Waals surface area contributed by atoms with Gasteiger partial charge < -0.3 is 4.43 Å². The first-order chi connectivity index (χ1) is 9.46. The van der Waals surface area contributed by atoms with E-state index in [1.807, 2.05) is 6.07 Å². The topological polar surface area (TPSA) is 9.23 Å². The molecule has 20 heavy (non-hydrogen) atoms. The van der Waals surface area contributed by atoms with Crippen molar-refractivity contribution in [1.29, 1.82) is 0 Å². The van der Waals surface area contributed by atoms with Gasteiger partial charge in [-0.15, -0.1) is 0 Å². The lowest BCUT2D eigenvalue weighted by Crippen LogP contribution is -2.27. The van der Waals surface area contributed by atoms with E-state index in [1.165, 1.54) is 15.4 Å². The molecule has 0 bridgehead atoms. The van der Waals surface area contributed by atoms with Crippen molar-refractivity contribution in [2.24, 2.45) is 0 Å². The fraction of sp³-hybridized carbons (Fsp3) is 0.294. The molecule has 0 unspecified atom stereocenters. The third-order valence-electron chi connectivity index (χ3n) is 2.86. The zero-order valence-electron chi connectivity index (χ0n) is 12.6. The van der Waals surface area contributed by atoms with Crippen molar-refractivity contribution in [1.82, 2.24) is 0 Å². The van der Waals surface area contributed by atoms with Crippen LogP contribution < -0.4 is 0 Å². The fourth-order valence-corrected chi connectivity index (χ4v) is 4.35. The van der Waals surface area contributed by atoms with Crippen molar-refractivity contribution in [3.05, 3.63) is 60.2 Å². The molecule has 0 aliphatic heterocycles. The van der Waals surface area contributed by atoms with Crippen molar-refractivity contribution >= 4 is 20.1 Å². The predicted molar refractivity (Wildman–Crippen MR) is 89.9 cm³/mol. The highest BCUT2D eigenvalue weighted by Gasteiger charge is 2.21. The van der Waals surface area contributed by atoms with Gasteiger partial charge in [0.15, 0.2) is 8.32 Å². The van der Waals surface area contributed by atoms with Crippen molar-refractivity contribution < 1.29 is 4.43 Å². The summed E-state index contributed by atoms with van der Waals surface area (Å²) in [6.07, 6.45) is 0.147. The van der Waals surface area contributed by atoms with Gasteiger partial charge in [-0.2, -0.15) is 0 Å². The number of rotatable bonds is 5. The maximum atomic E-state index is 6.23. The summed E-state index contributed by atoms with van der Waals surface area (Å²) in [5, 5.41) is 0. The van der Waals surface area contributed by atoms with Gasteiger partial charge in [0.1, 0.15) is 0 Å². The molecular formula is C17H22OSSi. The van der Waals surface area contributed by atoms with Crippen LogP contribution in [0.4, 0.5) is 0 Å². The lowest BCUT2D eigenvalue weighted by Gasteiger charge is -2.25. The van der Waals surface area contributed by atoms with E-state index in [2.05, 4.69) is 75.1 Å². The summed E-state index contributed by atoms with van der Waals surface area (Å²) < 4.78 is 6.23. The molecule has 2 aromatic rings. The first-order valence-electron chi connectivity index (χ1n) is 6.95. The van der Waals surface area contributed by atoms with E-state index < -0.39 is 8.32 Å². The third kappa shape index (κ3) is 4.51. The second-order valence-corrected chi connectivity index (χ2v) is 11.4. The van der Waals surface area contributed by atoms with Crippen molar-refractivity contribution in [3.8, 4) is 0 Å². The minimum absolute atomic E-state index is 0.147. The second-order valence-electron chi connectivity index (χ2n) is 5.83. The van der Waals surface area contributed by atoms with E-state index >= 15 is 0 Å². The average molecular weight is 303 g/mol. The molecule has 106 valence electrons. The summed E-state index contributed by atoms with van der Waals surface area (Å²) in [6, 6.07) is 19.0. The Bertz CT molecular complexity index is 548. The van der Waals surface area contributed by atoms with Gasteiger partial charge >= 0.3 is 0 Å². The zero-order valence-corrected chi connectivity index (χ0v) is 14.4. The van der Waals surface area contributed by atoms with Crippen LogP contribution in [0.15, 0.2) is 64.4 Å². The van der Waals surface area contributed by atoms with Crippen molar-refractivity contribution in [3.63, 3.8) is 0 Å². The molecule has 0 aliphatic rings. The van der Waals surface area contributed by atoms with Crippen LogP contribution in [0.3, 0.4) is 0 Å². The Kier molecular flexibility index (Phi) is 5.08. The molecule has 0 amide bonds. The van der Waals surface area contributed by atoms with E-state index in [0.717, 1.165) is 0 Å². The summed E-state index contributed by atoms with van der Waals surface area (Å²) in [6.45, 7) is 8.85. The Morgan fingerprint density at radius 3 is 2.15 bits per heavy atom. The smallest absolute Gasteiger partial charge is 0.184 e. The second kappa shape index (κ2) is 6.61. The summed E-state index contributed by atoms with van der Waals surface area (Å²) in [4.78, 5) is 2.55. The normalized spacial score (nSPS) is 13.2. The minimum Gasteiger partial charge on any atom is -0.411 e. The van der Waals surface area contributed by atoms with Crippen LogP contribution >= 0.6 is 11.8 Å². The van der Waals surface area contributed by atoms with E-state index in [-0.39, 0.29) is 6.10 Å². The maximum absolute atomic E-state index is 6.23. The van der Waals surface area contributed by atoms with Gasteiger partial charge in [-0.25, -0.2) is 0 Å². The van der Waals surface area contributed by atoms with Gasteiger partial charge in [0.25, 0.3) is 0 Å². The predicted octanol–water partition coefficient (Wildman–Crippen LogP) is 5.75.